The summed E-state index contributed by atoms with van der Waals surface area (Å²) in [5, 5.41) is 0. The summed E-state index contributed by atoms with van der Waals surface area (Å²) in [6.07, 6.45) is 1.31. The predicted octanol–water partition coefficient (Wildman–Crippen LogP) is 1.69. The van der Waals surface area contributed by atoms with Crippen LogP contribution < -0.4 is 0 Å². The highest BCUT2D eigenvalue weighted by Crippen LogP contribution is 2.05. The summed E-state index contributed by atoms with van der Waals surface area (Å²) in [6.45, 7) is 0. The van der Waals surface area contributed by atoms with Crippen molar-refractivity contribution in [1.82, 2.24) is 4.98 Å². The summed E-state index contributed by atoms with van der Waals surface area (Å²) >= 11 is 2.43. The third-order valence-corrected chi connectivity index (χ3v) is 1.32. The van der Waals surface area contributed by atoms with Crippen LogP contribution in [0.15, 0.2) is 18.3 Å². The molecule has 0 amide bonds. The Bertz CT molecular complexity index is 279. The first kappa shape index (κ1) is 8.13. The molecule has 0 bridgehead atoms. The zero-order valence-corrected chi connectivity index (χ0v) is 6.84. The van der Waals surface area contributed by atoms with Gasteiger partial charge in [-0.15, -0.1) is 0 Å². The normalized spacial score (nSPS) is 9.27. The molecule has 0 radical (unpaired) electrons. The zero-order valence-electron chi connectivity index (χ0n) is 5.25. The molecule has 5 heteroatoms. The van der Waals surface area contributed by atoms with Crippen LogP contribution in [0.25, 0.3) is 0 Å². The molecule has 0 aliphatic rings. The fraction of sp³-hybridized carbons (Fsp3) is 0. The van der Waals surface area contributed by atoms with Gasteiger partial charge in [0.1, 0.15) is 0 Å². The predicted molar refractivity (Wildman–Crippen MR) is 38.5 cm³/mol. The van der Waals surface area contributed by atoms with E-state index >= 15 is 0 Å². The van der Waals surface area contributed by atoms with Crippen LogP contribution in [0.3, 0.4) is 0 Å². The van der Waals surface area contributed by atoms with Crippen molar-refractivity contribution in [1.29, 1.82) is 0 Å². The van der Waals surface area contributed by atoms with Crippen molar-refractivity contribution >= 4 is 22.2 Å². The van der Waals surface area contributed by atoms with E-state index in [4.69, 9.17) is 0 Å². The molecule has 58 valence electrons. The third-order valence-electron chi connectivity index (χ3n) is 1.02. The number of carbonyl (C=O) groups excluding carboxylic acids is 1. The lowest BCUT2D eigenvalue weighted by atomic mass is 10.3. The first-order valence-electron chi connectivity index (χ1n) is 2.69. The van der Waals surface area contributed by atoms with Gasteiger partial charge >= 0.3 is 5.97 Å². The van der Waals surface area contributed by atoms with Crippen LogP contribution in [-0.2, 0) is 3.83 Å². The minimum Gasteiger partial charge on any atom is -0.379 e. The molecule has 0 N–H and O–H groups in total. The second kappa shape index (κ2) is 3.43. The van der Waals surface area contributed by atoms with Gasteiger partial charge in [-0.2, -0.15) is 0 Å². The van der Waals surface area contributed by atoms with Crippen LogP contribution in [0.2, 0.25) is 0 Å². The minimum atomic E-state index is -0.844. The number of nitrogens with zero attached hydrogens (tertiary/aromatic N) is 1. The average Bonchev–Trinajstić information content (AvgIpc) is 2.04. The summed E-state index contributed by atoms with van der Waals surface area (Å²) in [5.41, 5.74) is -0.329. The largest absolute Gasteiger partial charge is 0.379 e. The number of hydrogen-bond donors (Lipinski definition) is 0. The summed E-state index contributed by atoms with van der Waals surface area (Å²) in [7, 11) is 0. The Balaban J connectivity index is 3.03. The molecule has 3 nitrogen and oxygen atoms in total. The van der Waals surface area contributed by atoms with Crippen molar-refractivity contribution in [3.63, 3.8) is 0 Å². The van der Waals surface area contributed by atoms with Gasteiger partial charge in [0.15, 0.2) is 27.8 Å². The highest BCUT2D eigenvalue weighted by atomic mass is 79.9. The van der Waals surface area contributed by atoms with E-state index in [1.807, 2.05) is 0 Å². The molecule has 0 aromatic carbocycles. The quantitative estimate of drug-likeness (QED) is 0.722. The van der Waals surface area contributed by atoms with E-state index < -0.39 is 11.8 Å². The highest BCUT2D eigenvalue weighted by Gasteiger charge is 2.12. The lowest BCUT2D eigenvalue weighted by molar-refractivity contribution is 0.0770. The molecule has 0 atom stereocenters. The molecular weight excluding hydrogens is 217 g/mol. The van der Waals surface area contributed by atoms with Crippen LogP contribution in [-0.4, -0.2) is 11.0 Å². The number of carbonyl (C=O) groups is 1. The molecule has 1 rings (SSSR count). The van der Waals surface area contributed by atoms with Crippen molar-refractivity contribution in [3.05, 3.63) is 29.8 Å². The molecule has 1 aromatic rings. The second-order valence-electron chi connectivity index (χ2n) is 1.70. The monoisotopic (exact) mass is 219 g/mol. The van der Waals surface area contributed by atoms with E-state index in [9.17, 15) is 9.18 Å². The lowest BCUT2D eigenvalue weighted by Gasteiger charge is -1.95. The van der Waals surface area contributed by atoms with E-state index in [1.54, 1.807) is 0 Å². The molecule has 11 heavy (non-hydrogen) atoms. The molecular formula is C6H3BrFNO2. The van der Waals surface area contributed by atoms with E-state index in [2.05, 4.69) is 25.1 Å². The Morgan fingerprint density at radius 3 is 3.00 bits per heavy atom. The topological polar surface area (TPSA) is 39.2 Å². The van der Waals surface area contributed by atoms with Gasteiger partial charge in [0.25, 0.3) is 0 Å². The Labute approximate surface area is 70.6 Å². The van der Waals surface area contributed by atoms with Crippen molar-refractivity contribution in [2.45, 2.75) is 0 Å². The molecule has 0 aliphatic heterocycles. The van der Waals surface area contributed by atoms with Crippen LogP contribution >= 0.6 is 16.3 Å². The van der Waals surface area contributed by atoms with Gasteiger partial charge < -0.3 is 3.83 Å². The minimum absolute atomic E-state index is 0.329. The van der Waals surface area contributed by atoms with Crippen molar-refractivity contribution in [3.8, 4) is 0 Å². The van der Waals surface area contributed by atoms with Crippen LogP contribution in [0.5, 0.6) is 0 Å². The van der Waals surface area contributed by atoms with Crippen molar-refractivity contribution in [2.75, 3.05) is 0 Å². The SMILES string of the molecule is O=C(OBr)c1ncccc1F. The fourth-order valence-corrected chi connectivity index (χ4v) is 0.726. The average molecular weight is 220 g/mol. The van der Waals surface area contributed by atoms with Crippen molar-refractivity contribution < 1.29 is 13.0 Å². The lowest BCUT2D eigenvalue weighted by Crippen LogP contribution is -2.03. The second-order valence-corrected chi connectivity index (χ2v) is 2.02. The Hall–Kier alpha value is -0.970. The van der Waals surface area contributed by atoms with E-state index in [0.29, 0.717) is 0 Å². The van der Waals surface area contributed by atoms with Gasteiger partial charge in [0.2, 0.25) is 0 Å². The third kappa shape index (κ3) is 1.74. The first-order valence-corrected chi connectivity index (χ1v) is 3.34. The number of hydrogen-bond acceptors (Lipinski definition) is 3. The van der Waals surface area contributed by atoms with E-state index in [-0.39, 0.29) is 5.69 Å². The molecule has 0 fully saturated rings. The van der Waals surface area contributed by atoms with Crippen LogP contribution in [0, 0.1) is 5.82 Å². The van der Waals surface area contributed by atoms with Gasteiger partial charge in [-0.05, 0) is 12.1 Å². The molecule has 0 saturated carbocycles. The maximum absolute atomic E-state index is 12.6. The Kier molecular flexibility index (Phi) is 2.53. The van der Waals surface area contributed by atoms with Gasteiger partial charge in [-0.25, -0.2) is 14.2 Å². The van der Waals surface area contributed by atoms with Gasteiger partial charge in [-0.1, -0.05) is 0 Å². The summed E-state index contributed by atoms with van der Waals surface area (Å²) in [6, 6.07) is 2.52. The van der Waals surface area contributed by atoms with E-state index in [1.165, 1.54) is 12.3 Å². The van der Waals surface area contributed by atoms with Gasteiger partial charge in [-0.3, -0.25) is 0 Å². The number of rotatable bonds is 1. The molecule has 0 spiro atoms. The molecule has 0 unspecified atom stereocenters. The Morgan fingerprint density at radius 2 is 2.45 bits per heavy atom. The smallest absolute Gasteiger partial charge is 0.371 e. The highest BCUT2D eigenvalue weighted by molar-refractivity contribution is 9.06. The fourth-order valence-electron chi connectivity index (χ4n) is 0.572. The molecule has 0 saturated heterocycles. The maximum Gasteiger partial charge on any atom is 0.371 e. The first-order chi connectivity index (χ1) is 5.25. The number of aromatic nitrogens is 1. The van der Waals surface area contributed by atoms with Gasteiger partial charge in [0, 0.05) is 6.20 Å². The standard InChI is InChI=1S/C6H3BrFNO2/c7-11-6(10)5-4(8)2-1-3-9-5/h1-3H. The maximum atomic E-state index is 12.6. The number of halogens is 2. The summed E-state index contributed by atoms with van der Waals surface area (Å²) in [4.78, 5) is 14.1. The van der Waals surface area contributed by atoms with E-state index in [0.717, 1.165) is 6.07 Å². The number of pyridine rings is 1. The van der Waals surface area contributed by atoms with Crippen LogP contribution in [0.4, 0.5) is 4.39 Å². The molecule has 1 aromatic heterocycles. The zero-order chi connectivity index (χ0) is 8.27. The van der Waals surface area contributed by atoms with Gasteiger partial charge in [0.05, 0.1) is 0 Å². The summed E-state index contributed by atoms with van der Waals surface area (Å²) in [5.74, 6) is -1.54. The van der Waals surface area contributed by atoms with Crippen LogP contribution in [0.1, 0.15) is 10.5 Å². The molecule has 1 heterocycles. The van der Waals surface area contributed by atoms with Crippen molar-refractivity contribution in [2.24, 2.45) is 0 Å². The Morgan fingerprint density at radius 1 is 1.73 bits per heavy atom. The summed E-state index contributed by atoms with van der Waals surface area (Å²) < 4.78 is 16.7. The molecule has 0 aliphatic carbocycles.